The summed E-state index contributed by atoms with van der Waals surface area (Å²) in [5.74, 6) is -1.32. The first kappa shape index (κ1) is 14.5. The highest BCUT2D eigenvalue weighted by atomic mass is 16.6. The Labute approximate surface area is 121 Å². The van der Waals surface area contributed by atoms with Gasteiger partial charge in [0.15, 0.2) is 0 Å². The van der Waals surface area contributed by atoms with Gasteiger partial charge in [-0.15, -0.1) is 0 Å². The second kappa shape index (κ2) is 6.04. The number of nitrogens with zero attached hydrogens (tertiary/aromatic N) is 1. The lowest BCUT2D eigenvalue weighted by atomic mass is 10.1. The van der Waals surface area contributed by atoms with Gasteiger partial charge >= 0.3 is 11.7 Å². The Morgan fingerprint density at radius 1 is 1.29 bits per heavy atom. The zero-order chi connectivity index (χ0) is 15.4. The number of aryl methyl sites for hydroxylation is 1. The molecule has 2 aromatic carbocycles. The van der Waals surface area contributed by atoms with E-state index < -0.39 is 16.6 Å². The summed E-state index contributed by atoms with van der Waals surface area (Å²) in [5, 5.41) is 23.1. The average molecular weight is 286 g/mol. The third-order valence-corrected chi connectivity index (χ3v) is 3.01. The van der Waals surface area contributed by atoms with Crippen molar-refractivity contribution in [3.63, 3.8) is 0 Å². The largest absolute Gasteiger partial charge is 0.477 e. The number of anilines is 1. The maximum Gasteiger partial charge on any atom is 0.342 e. The number of carboxylic acid groups (broad SMARTS) is 1. The summed E-state index contributed by atoms with van der Waals surface area (Å²) in [6.07, 6.45) is 0. The number of hydrogen-bond donors (Lipinski definition) is 2. The van der Waals surface area contributed by atoms with Crippen LogP contribution in [0.15, 0.2) is 42.5 Å². The van der Waals surface area contributed by atoms with Crippen molar-refractivity contribution >= 4 is 17.3 Å². The normalized spacial score (nSPS) is 10.1. The van der Waals surface area contributed by atoms with Gasteiger partial charge in [0.1, 0.15) is 11.3 Å². The first-order chi connectivity index (χ1) is 9.99. The van der Waals surface area contributed by atoms with Crippen molar-refractivity contribution in [3.05, 3.63) is 69.3 Å². The summed E-state index contributed by atoms with van der Waals surface area (Å²) in [5.41, 5.74) is 1.50. The fourth-order valence-electron chi connectivity index (χ4n) is 2.07. The highest BCUT2D eigenvalue weighted by Crippen LogP contribution is 2.29. The van der Waals surface area contributed by atoms with E-state index in [0.717, 1.165) is 11.1 Å². The Bertz CT molecular complexity index is 698. The minimum Gasteiger partial charge on any atom is -0.477 e. The average Bonchev–Trinajstić information content (AvgIpc) is 2.44. The van der Waals surface area contributed by atoms with Crippen LogP contribution in [0.3, 0.4) is 0 Å². The summed E-state index contributed by atoms with van der Waals surface area (Å²) in [6, 6.07) is 11.9. The van der Waals surface area contributed by atoms with Crippen LogP contribution in [0.4, 0.5) is 11.4 Å². The quantitative estimate of drug-likeness (QED) is 0.650. The molecule has 0 aliphatic carbocycles. The van der Waals surface area contributed by atoms with Crippen molar-refractivity contribution in [1.82, 2.24) is 0 Å². The van der Waals surface area contributed by atoms with Gasteiger partial charge < -0.3 is 10.4 Å². The van der Waals surface area contributed by atoms with E-state index in [1.807, 2.05) is 31.2 Å². The molecule has 108 valence electrons. The molecule has 21 heavy (non-hydrogen) atoms. The summed E-state index contributed by atoms with van der Waals surface area (Å²) < 4.78 is 0. The molecule has 0 spiro atoms. The zero-order valence-corrected chi connectivity index (χ0v) is 11.4. The molecule has 0 fully saturated rings. The summed E-state index contributed by atoms with van der Waals surface area (Å²) >= 11 is 0. The second-order valence-corrected chi connectivity index (χ2v) is 4.61. The molecule has 0 aliphatic heterocycles. The van der Waals surface area contributed by atoms with E-state index >= 15 is 0 Å². The Morgan fingerprint density at radius 2 is 2.00 bits per heavy atom. The second-order valence-electron chi connectivity index (χ2n) is 4.61. The van der Waals surface area contributed by atoms with Crippen LogP contribution in [0.2, 0.25) is 0 Å². The molecule has 6 heteroatoms. The van der Waals surface area contributed by atoms with Gasteiger partial charge in [0.2, 0.25) is 0 Å². The van der Waals surface area contributed by atoms with Gasteiger partial charge in [-0.2, -0.15) is 0 Å². The summed E-state index contributed by atoms with van der Waals surface area (Å²) in [7, 11) is 0. The maximum absolute atomic E-state index is 11.1. The van der Waals surface area contributed by atoms with E-state index in [4.69, 9.17) is 5.11 Å². The number of para-hydroxylation sites is 1. The van der Waals surface area contributed by atoms with Gasteiger partial charge in [-0.25, -0.2) is 4.79 Å². The number of hydrogen-bond acceptors (Lipinski definition) is 4. The molecule has 0 aliphatic rings. The van der Waals surface area contributed by atoms with Crippen LogP contribution in [-0.4, -0.2) is 16.0 Å². The van der Waals surface area contributed by atoms with E-state index in [-0.39, 0.29) is 11.3 Å². The third kappa shape index (κ3) is 3.36. The molecule has 0 unspecified atom stereocenters. The van der Waals surface area contributed by atoms with Gasteiger partial charge in [-0.1, -0.05) is 35.9 Å². The minimum absolute atomic E-state index is 0.196. The first-order valence-electron chi connectivity index (χ1n) is 6.29. The number of aromatic carboxylic acids is 1. The van der Waals surface area contributed by atoms with E-state index in [1.54, 1.807) is 0 Å². The van der Waals surface area contributed by atoms with Crippen LogP contribution >= 0.6 is 0 Å². The number of nitrogens with one attached hydrogen (secondary N) is 1. The SMILES string of the molecule is Cc1cccc(CNc2cccc(C(=O)O)c2[N+](=O)[O-])c1. The Balaban J connectivity index is 2.30. The van der Waals surface area contributed by atoms with Crippen molar-refractivity contribution in [2.45, 2.75) is 13.5 Å². The molecule has 2 rings (SSSR count). The lowest BCUT2D eigenvalue weighted by molar-refractivity contribution is -0.384. The Hall–Kier alpha value is -2.89. The molecule has 0 atom stereocenters. The number of nitro groups is 1. The Morgan fingerprint density at radius 3 is 2.62 bits per heavy atom. The molecule has 2 aromatic rings. The molecule has 0 saturated heterocycles. The van der Waals surface area contributed by atoms with Crippen molar-refractivity contribution in [1.29, 1.82) is 0 Å². The maximum atomic E-state index is 11.1. The van der Waals surface area contributed by atoms with Crippen LogP contribution in [0.5, 0.6) is 0 Å². The van der Waals surface area contributed by atoms with Gasteiger partial charge in [-0.3, -0.25) is 10.1 Å². The predicted molar refractivity (Wildman–Crippen MR) is 78.6 cm³/mol. The van der Waals surface area contributed by atoms with Crippen molar-refractivity contribution < 1.29 is 14.8 Å². The number of carbonyl (C=O) groups is 1. The van der Waals surface area contributed by atoms with Gasteiger partial charge in [0.05, 0.1) is 4.92 Å². The minimum atomic E-state index is -1.32. The predicted octanol–water partition coefficient (Wildman–Crippen LogP) is 3.21. The number of nitro benzene ring substituents is 1. The molecule has 0 bridgehead atoms. The molecular formula is C15H14N2O4. The molecule has 0 radical (unpaired) electrons. The number of carboxylic acids is 1. The van der Waals surface area contributed by atoms with Crippen LogP contribution in [0, 0.1) is 17.0 Å². The molecule has 6 nitrogen and oxygen atoms in total. The van der Waals surface area contributed by atoms with Crippen molar-refractivity contribution in [3.8, 4) is 0 Å². The smallest absolute Gasteiger partial charge is 0.342 e. The summed E-state index contributed by atoms with van der Waals surface area (Å²) in [4.78, 5) is 21.5. The van der Waals surface area contributed by atoms with Crippen LogP contribution < -0.4 is 5.32 Å². The topological polar surface area (TPSA) is 92.5 Å². The Kier molecular flexibility index (Phi) is 4.18. The van der Waals surface area contributed by atoms with Crippen LogP contribution in [0.25, 0.3) is 0 Å². The van der Waals surface area contributed by atoms with E-state index in [9.17, 15) is 14.9 Å². The highest BCUT2D eigenvalue weighted by molar-refractivity contribution is 5.95. The van der Waals surface area contributed by atoms with Gasteiger partial charge in [-0.05, 0) is 24.6 Å². The number of benzene rings is 2. The van der Waals surface area contributed by atoms with Crippen LogP contribution in [0.1, 0.15) is 21.5 Å². The van der Waals surface area contributed by atoms with E-state index in [2.05, 4.69) is 5.32 Å². The monoisotopic (exact) mass is 286 g/mol. The first-order valence-corrected chi connectivity index (χ1v) is 6.29. The molecule has 2 N–H and O–H groups in total. The molecule has 0 aromatic heterocycles. The van der Waals surface area contributed by atoms with Gasteiger partial charge in [0.25, 0.3) is 0 Å². The lowest BCUT2D eigenvalue weighted by Crippen LogP contribution is -2.08. The molecule has 0 heterocycles. The molecule has 0 amide bonds. The van der Waals surface area contributed by atoms with E-state index in [1.165, 1.54) is 18.2 Å². The van der Waals surface area contributed by atoms with E-state index in [0.29, 0.717) is 6.54 Å². The fourth-order valence-corrected chi connectivity index (χ4v) is 2.07. The fraction of sp³-hybridized carbons (Fsp3) is 0.133. The lowest BCUT2D eigenvalue weighted by Gasteiger charge is -2.09. The molecule has 0 saturated carbocycles. The van der Waals surface area contributed by atoms with Crippen molar-refractivity contribution in [2.24, 2.45) is 0 Å². The molecular weight excluding hydrogens is 272 g/mol. The summed E-state index contributed by atoms with van der Waals surface area (Å²) in [6.45, 7) is 2.34. The zero-order valence-electron chi connectivity index (χ0n) is 11.4. The third-order valence-electron chi connectivity index (χ3n) is 3.01. The highest BCUT2D eigenvalue weighted by Gasteiger charge is 2.23. The standard InChI is InChI=1S/C15H14N2O4/c1-10-4-2-5-11(8-10)9-16-13-7-3-6-12(15(18)19)14(13)17(20)21/h2-8,16H,9H2,1H3,(H,18,19). The van der Waals surface area contributed by atoms with Crippen LogP contribution in [-0.2, 0) is 6.54 Å². The number of rotatable bonds is 5. The van der Waals surface area contributed by atoms with Crippen molar-refractivity contribution in [2.75, 3.05) is 5.32 Å². The van der Waals surface area contributed by atoms with Gasteiger partial charge in [0, 0.05) is 6.54 Å².